The molecule has 0 aliphatic heterocycles. The van der Waals surface area contributed by atoms with Crippen molar-refractivity contribution in [2.75, 3.05) is 22.5 Å². The van der Waals surface area contributed by atoms with Crippen molar-refractivity contribution < 1.29 is 9.59 Å². The van der Waals surface area contributed by atoms with Gasteiger partial charge in [-0.3, -0.25) is 10.1 Å². The highest BCUT2D eigenvalue weighted by Gasteiger charge is 2.15. The molecule has 0 aliphatic carbocycles. The summed E-state index contributed by atoms with van der Waals surface area (Å²) in [6, 6.07) is 14.3. The van der Waals surface area contributed by atoms with Gasteiger partial charge in [-0.2, -0.15) is 0 Å². The topological polar surface area (TPSA) is 112 Å². The minimum atomic E-state index is -0.369. The highest BCUT2D eigenvalue weighted by atomic mass is 16.2. The zero-order chi connectivity index (χ0) is 21.6. The number of rotatable bonds is 6. The van der Waals surface area contributed by atoms with Gasteiger partial charge in [0, 0.05) is 43.1 Å². The number of hydrogen-bond donors (Lipinski definition) is 4. The van der Waals surface area contributed by atoms with Crippen molar-refractivity contribution in [3.8, 4) is 0 Å². The van der Waals surface area contributed by atoms with Crippen molar-refractivity contribution in [2.45, 2.75) is 6.92 Å². The first kappa shape index (κ1) is 19.9. The number of carbonyl (C=O) groups excluding carboxylic acids is 2. The van der Waals surface area contributed by atoms with Crippen LogP contribution in [-0.2, 0) is 0 Å². The summed E-state index contributed by atoms with van der Waals surface area (Å²) in [5.74, 6) is -0.0178. The number of benzene rings is 1. The fourth-order valence-corrected chi connectivity index (χ4v) is 3.00. The fourth-order valence-electron chi connectivity index (χ4n) is 3.00. The lowest BCUT2D eigenvalue weighted by Crippen LogP contribution is -2.28. The minimum absolute atomic E-state index is 0.320. The van der Waals surface area contributed by atoms with E-state index < -0.39 is 0 Å². The number of anilines is 4. The number of nitrogens with one attached hydrogen (secondary N) is 4. The lowest BCUT2D eigenvalue weighted by molar-refractivity contribution is 0.102. The standard InChI is InChI=1S/C22H21N7O2/c1-2-23-22(31)28-19-12-18(26-15-6-4-3-5-7-15)17(13-25-19)21(30)27-16-8-9-20-24-10-11-29(20)14-16/h3-14H,2H2,1H3,(H,27,30)(H3,23,25,26,28,31). The third-order valence-corrected chi connectivity index (χ3v) is 4.43. The van der Waals surface area contributed by atoms with Crippen LogP contribution < -0.4 is 21.3 Å². The van der Waals surface area contributed by atoms with Crippen LogP contribution in [0.3, 0.4) is 0 Å². The Balaban J connectivity index is 1.62. The van der Waals surface area contributed by atoms with Crippen LogP contribution in [0.1, 0.15) is 17.3 Å². The molecule has 3 amide bonds. The van der Waals surface area contributed by atoms with Crippen molar-refractivity contribution >= 4 is 40.5 Å². The second-order valence-corrected chi connectivity index (χ2v) is 6.66. The molecule has 3 heterocycles. The van der Waals surface area contributed by atoms with E-state index in [2.05, 4.69) is 31.2 Å². The summed E-state index contributed by atoms with van der Waals surface area (Å²) >= 11 is 0. The minimum Gasteiger partial charge on any atom is -0.355 e. The number of carbonyl (C=O) groups is 2. The summed E-state index contributed by atoms with van der Waals surface area (Å²) in [6.07, 6.45) is 6.70. The van der Waals surface area contributed by atoms with Crippen LogP contribution in [0.5, 0.6) is 0 Å². The van der Waals surface area contributed by atoms with Crippen LogP contribution in [-0.4, -0.2) is 32.9 Å². The van der Waals surface area contributed by atoms with Crippen LogP contribution >= 0.6 is 0 Å². The molecular weight excluding hydrogens is 394 g/mol. The number of amides is 3. The van der Waals surface area contributed by atoms with E-state index in [9.17, 15) is 9.59 Å². The number of aromatic nitrogens is 3. The van der Waals surface area contributed by atoms with Gasteiger partial charge in [-0.15, -0.1) is 0 Å². The molecule has 9 heteroatoms. The summed E-state index contributed by atoms with van der Waals surface area (Å²) < 4.78 is 1.82. The highest BCUT2D eigenvalue weighted by molar-refractivity contribution is 6.08. The number of urea groups is 1. The lowest BCUT2D eigenvalue weighted by Gasteiger charge is -2.14. The first-order valence-electron chi connectivity index (χ1n) is 9.73. The Labute approximate surface area is 178 Å². The molecule has 0 unspecified atom stereocenters. The normalized spacial score (nSPS) is 10.5. The number of pyridine rings is 2. The Morgan fingerprint density at radius 2 is 1.84 bits per heavy atom. The largest absolute Gasteiger partial charge is 0.355 e. The second kappa shape index (κ2) is 8.95. The molecule has 156 valence electrons. The van der Waals surface area contributed by atoms with E-state index in [1.807, 2.05) is 47.7 Å². The number of imidazole rings is 1. The number of nitrogens with zero attached hydrogens (tertiary/aromatic N) is 3. The molecule has 0 saturated carbocycles. The maximum absolute atomic E-state index is 13.0. The Morgan fingerprint density at radius 3 is 2.65 bits per heavy atom. The van der Waals surface area contributed by atoms with Crippen molar-refractivity contribution in [1.29, 1.82) is 0 Å². The molecule has 4 rings (SSSR count). The zero-order valence-corrected chi connectivity index (χ0v) is 16.8. The lowest BCUT2D eigenvalue weighted by atomic mass is 10.2. The molecule has 0 radical (unpaired) electrons. The van der Waals surface area contributed by atoms with Gasteiger partial charge >= 0.3 is 6.03 Å². The first-order chi connectivity index (χ1) is 15.1. The van der Waals surface area contributed by atoms with E-state index in [0.717, 1.165) is 11.3 Å². The van der Waals surface area contributed by atoms with Gasteiger partial charge in [-0.25, -0.2) is 14.8 Å². The molecule has 0 atom stereocenters. The molecule has 0 aliphatic rings. The maximum atomic E-state index is 13.0. The number of para-hydroxylation sites is 1. The smallest absolute Gasteiger partial charge is 0.320 e. The van der Waals surface area contributed by atoms with Gasteiger partial charge < -0.3 is 20.4 Å². The predicted octanol–water partition coefficient (Wildman–Crippen LogP) is 3.87. The summed E-state index contributed by atoms with van der Waals surface area (Å²) in [5.41, 5.74) is 3.04. The molecular formula is C22H21N7O2. The number of hydrogen-bond acceptors (Lipinski definition) is 5. The Kier molecular flexibility index (Phi) is 5.75. The zero-order valence-electron chi connectivity index (χ0n) is 16.8. The van der Waals surface area contributed by atoms with E-state index in [1.165, 1.54) is 6.20 Å². The van der Waals surface area contributed by atoms with Crippen LogP contribution in [0.25, 0.3) is 5.65 Å². The van der Waals surface area contributed by atoms with Gasteiger partial charge in [0.25, 0.3) is 5.91 Å². The van der Waals surface area contributed by atoms with Gasteiger partial charge in [0.05, 0.1) is 16.9 Å². The summed E-state index contributed by atoms with van der Waals surface area (Å²) in [6.45, 7) is 2.31. The summed E-state index contributed by atoms with van der Waals surface area (Å²) in [7, 11) is 0. The van der Waals surface area contributed by atoms with Gasteiger partial charge in [0.1, 0.15) is 11.5 Å². The van der Waals surface area contributed by atoms with Crippen LogP contribution in [0.15, 0.2) is 73.3 Å². The van der Waals surface area contributed by atoms with Crippen LogP contribution in [0.2, 0.25) is 0 Å². The van der Waals surface area contributed by atoms with E-state index in [1.54, 1.807) is 30.7 Å². The van der Waals surface area contributed by atoms with E-state index in [4.69, 9.17) is 0 Å². The average molecular weight is 415 g/mol. The van der Waals surface area contributed by atoms with Gasteiger partial charge in [-0.1, -0.05) is 18.2 Å². The third kappa shape index (κ3) is 4.78. The Morgan fingerprint density at radius 1 is 1.00 bits per heavy atom. The summed E-state index contributed by atoms with van der Waals surface area (Å²) in [4.78, 5) is 33.3. The molecule has 4 aromatic rings. The van der Waals surface area contributed by atoms with Crippen molar-refractivity contribution in [3.05, 3.63) is 78.9 Å². The van der Waals surface area contributed by atoms with Crippen LogP contribution in [0.4, 0.5) is 27.7 Å². The van der Waals surface area contributed by atoms with E-state index >= 15 is 0 Å². The highest BCUT2D eigenvalue weighted by Crippen LogP contribution is 2.24. The van der Waals surface area contributed by atoms with E-state index in [-0.39, 0.29) is 11.9 Å². The van der Waals surface area contributed by atoms with Crippen molar-refractivity contribution in [1.82, 2.24) is 19.7 Å². The molecule has 3 aromatic heterocycles. The van der Waals surface area contributed by atoms with E-state index in [0.29, 0.717) is 29.3 Å². The molecule has 9 nitrogen and oxygen atoms in total. The van der Waals surface area contributed by atoms with Gasteiger partial charge in [-0.05, 0) is 31.2 Å². The van der Waals surface area contributed by atoms with Gasteiger partial charge in [0.15, 0.2) is 0 Å². The summed E-state index contributed by atoms with van der Waals surface area (Å²) in [5, 5.41) is 11.4. The SMILES string of the molecule is CCNC(=O)Nc1cc(Nc2ccccc2)c(C(=O)Nc2ccc3nccn3c2)cn1. The Hall–Kier alpha value is -4.40. The van der Waals surface area contributed by atoms with Crippen molar-refractivity contribution in [2.24, 2.45) is 0 Å². The maximum Gasteiger partial charge on any atom is 0.320 e. The quantitative estimate of drug-likeness (QED) is 0.382. The van der Waals surface area contributed by atoms with Crippen LogP contribution in [0, 0.1) is 0 Å². The van der Waals surface area contributed by atoms with Gasteiger partial charge in [0.2, 0.25) is 0 Å². The Bertz CT molecular complexity index is 1220. The monoisotopic (exact) mass is 415 g/mol. The predicted molar refractivity (Wildman–Crippen MR) is 120 cm³/mol. The molecule has 4 N–H and O–H groups in total. The first-order valence-corrected chi connectivity index (χ1v) is 9.73. The molecule has 1 aromatic carbocycles. The van der Waals surface area contributed by atoms with Crippen molar-refractivity contribution in [3.63, 3.8) is 0 Å². The third-order valence-electron chi connectivity index (χ3n) is 4.43. The molecule has 0 saturated heterocycles. The molecule has 0 bridgehead atoms. The fraction of sp³-hybridized carbons (Fsp3) is 0.0909. The number of fused-ring (bicyclic) bond motifs is 1. The molecule has 31 heavy (non-hydrogen) atoms. The molecule has 0 fully saturated rings. The molecule has 0 spiro atoms. The average Bonchev–Trinajstić information content (AvgIpc) is 3.23. The second-order valence-electron chi connectivity index (χ2n) is 6.66.